The summed E-state index contributed by atoms with van der Waals surface area (Å²) in [6.07, 6.45) is 0. The van der Waals surface area contributed by atoms with Crippen LogP contribution in [0.2, 0.25) is 0 Å². The largest absolute Gasteiger partial charge is 0.411 e. The number of carbonyl (C=O) groups excluding carboxylic acids is 1. The van der Waals surface area contributed by atoms with Gasteiger partial charge in [-0.2, -0.15) is 0 Å². The maximum Gasteiger partial charge on any atom is 0.236 e. The molecule has 0 spiro atoms. The van der Waals surface area contributed by atoms with Crippen molar-refractivity contribution in [3.05, 3.63) is 47.0 Å². The number of amides is 1. The predicted molar refractivity (Wildman–Crippen MR) is 84.2 cm³/mol. The van der Waals surface area contributed by atoms with Gasteiger partial charge in [0.15, 0.2) is 5.13 Å². The molecule has 0 fully saturated rings. The van der Waals surface area contributed by atoms with E-state index < -0.39 is 5.41 Å². The van der Waals surface area contributed by atoms with Gasteiger partial charge in [0.1, 0.15) is 11.4 Å². The number of aromatic nitrogens is 1. The van der Waals surface area contributed by atoms with Crippen molar-refractivity contribution in [3.8, 4) is 0 Å². The highest BCUT2D eigenvalue weighted by Crippen LogP contribution is 2.26. The van der Waals surface area contributed by atoms with Crippen LogP contribution in [0.25, 0.3) is 0 Å². The molecule has 0 unspecified atom stereocenters. The average molecular weight is 303 g/mol. The van der Waals surface area contributed by atoms with Gasteiger partial charge in [-0.3, -0.25) is 4.79 Å². The molecule has 0 saturated carbocycles. The van der Waals surface area contributed by atoms with Crippen LogP contribution in [0.1, 0.15) is 32.0 Å². The third kappa shape index (κ3) is 3.28. The van der Waals surface area contributed by atoms with E-state index >= 15 is 0 Å². The molecule has 110 valence electrons. The lowest BCUT2D eigenvalue weighted by molar-refractivity contribution is -0.120. The fourth-order valence-electron chi connectivity index (χ4n) is 1.79. The van der Waals surface area contributed by atoms with E-state index in [9.17, 15) is 4.79 Å². The van der Waals surface area contributed by atoms with Crippen molar-refractivity contribution in [3.63, 3.8) is 0 Å². The number of nitrogens with one attached hydrogen (secondary N) is 1. The van der Waals surface area contributed by atoms with Crippen molar-refractivity contribution in [2.75, 3.05) is 5.32 Å². The lowest BCUT2D eigenvalue weighted by atomic mass is 9.84. The van der Waals surface area contributed by atoms with Gasteiger partial charge in [0.25, 0.3) is 0 Å². The first-order valence-electron chi connectivity index (χ1n) is 6.46. The Kier molecular flexibility index (Phi) is 4.37. The first-order chi connectivity index (χ1) is 9.95. The van der Waals surface area contributed by atoms with Gasteiger partial charge >= 0.3 is 0 Å². The summed E-state index contributed by atoms with van der Waals surface area (Å²) in [6.45, 7) is 5.38. The van der Waals surface area contributed by atoms with Crippen molar-refractivity contribution >= 4 is 28.1 Å². The summed E-state index contributed by atoms with van der Waals surface area (Å²) in [6, 6.07) is 9.59. The van der Waals surface area contributed by atoms with Gasteiger partial charge in [0, 0.05) is 5.38 Å². The van der Waals surface area contributed by atoms with Crippen molar-refractivity contribution in [1.82, 2.24) is 4.98 Å². The molecule has 21 heavy (non-hydrogen) atoms. The quantitative estimate of drug-likeness (QED) is 0.517. The van der Waals surface area contributed by atoms with Gasteiger partial charge in [0.2, 0.25) is 5.91 Å². The molecule has 5 nitrogen and oxygen atoms in total. The summed E-state index contributed by atoms with van der Waals surface area (Å²) in [7, 11) is 0. The van der Waals surface area contributed by atoms with Gasteiger partial charge in [0.05, 0.1) is 5.41 Å². The molecule has 0 atom stereocenters. The highest BCUT2D eigenvalue weighted by Gasteiger charge is 2.30. The second kappa shape index (κ2) is 6.05. The lowest BCUT2D eigenvalue weighted by Crippen LogP contribution is -2.34. The zero-order valence-electron chi connectivity index (χ0n) is 12.1. The normalized spacial score (nSPS) is 12.2. The molecular weight excluding hydrogens is 286 g/mol. The predicted octanol–water partition coefficient (Wildman–Crippen LogP) is 3.26. The number of thiazole rings is 1. The Balaban J connectivity index is 2.16. The Labute approximate surface area is 127 Å². The molecule has 1 aromatic carbocycles. The molecule has 2 N–H and O–H groups in total. The summed E-state index contributed by atoms with van der Waals surface area (Å²) in [5.74, 6) is -0.131. The summed E-state index contributed by atoms with van der Waals surface area (Å²) in [5, 5.41) is 16.9. The van der Waals surface area contributed by atoms with Crippen LogP contribution < -0.4 is 5.32 Å². The van der Waals surface area contributed by atoms with Crippen LogP contribution in [-0.4, -0.2) is 21.8 Å². The first-order valence-corrected chi connectivity index (χ1v) is 7.34. The third-order valence-corrected chi connectivity index (χ3v) is 4.07. The number of rotatable bonds is 4. The van der Waals surface area contributed by atoms with E-state index in [-0.39, 0.29) is 5.91 Å². The van der Waals surface area contributed by atoms with E-state index in [1.165, 1.54) is 11.3 Å². The standard InChI is InChI=1S/C15H17N3O2S/c1-10(18-20)12-9-21-14(16-12)17-13(19)15(2,3)11-7-5-4-6-8-11/h4-9,20H,1-3H3,(H,16,17,19). The van der Waals surface area contributed by atoms with Crippen LogP contribution in [0, 0.1) is 0 Å². The molecule has 2 rings (SSSR count). The Morgan fingerprint density at radius 1 is 1.33 bits per heavy atom. The zero-order chi connectivity index (χ0) is 15.5. The Morgan fingerprint density at radius 2 is 2.00 bits per heavy atom. The van der Waals surface area contributed by atoms with Crippen LogP contribution >= 0.6 is 11.3 Å². The second-order valence-electron chi connectivity index (χ2n) is 5.17. The van der Waals surface area contributed by atoms with Crippen molar-refractivity contribution in [1.29, 1.82) is 0 Å². The van der Waals surface area contributed by atoms with Gasteiger partial charge < -0.3 is 10.5 Å². The highest BCUT2D eigenvalue weighted by atomic mass is 32.1. The van der Waals surface area contributed by atoms with Gasteiger partial charge in [-0.05, 0) is 26.3 Å². The molecule has 1 heterocycles. The first kappa shape index (κ1) is 15.2. The van der Waals surface area contributed by atoms with Crippen LogP contribution in [-0.2, 0) is 10.2 Å². The highest BCUT2D eigenvalue weighted by molar-refractivity contribution is 7.14. The molecule has 0 radical (unpaired) electrons. The molecule has 0 bridgehead atoms. The summed E-state index contributed by atoms with van der Waals surface area (Å²) in [4.78, 5) is 16.7. The van der Waals surface area contributed by atoms with E-state index in [1.54, 1.807) is 12.3 Å². The fraction of sp³-hybridized carbons (Fsp3) is 0.267. The molecule has 1 amide bonds. The van der Waals surface area contributed by atoms with Crippen LogP contribution in [0.4, 0.5) is 5.13 Å². The van der Waals surface area contributed by atoms with E-state index in [1.807, 2.05) is 44.2 Å². The summed E-state index contributed by atoms with van der Waals surface area (Å²) < 4.78 is 0. The van der Waals surface area contributed by atoms with E-state index in [0.717, 1.165) is 5.56 Å². The van der Waals surface area contributed by atoms with Crippen molar-refractivity contribution in [2.45, 2.75) is 26.2 Å². The molecule has 0 saturated heterocycles. The number of hydrogen-bond acceptors (Lipinski definition) is 5. The Hall–Kier alpha value is -2.21. The molecule has 1 aromatic heterocycles. The zero-order valence-corrected chi connectivity index (χ0v) is 12.9. The Morgan fingerprint density at radius 3 is 2.62 bits per heavy atom. The lowest BCUT2D eigenvalue weighted by Gasteiger charge is -2.23. The summed E-state index contributed by atoms with van der Waals surface area (Å²) >= 11 is 1.30. The van der Waals surface area contributed by atoms with Gasteiger partial charge in [-0.1, -0.05) is 35.5 Å². The number of hydrogen-bond donors (Lipinski definition) is 2. The minimum atomic E-state index is -0.660. The molecule has 0 aliphatic rings. The number of oxime groups is 1. The number of anilines is 1. The maximum absolute atomic E-state index is 12.5. The van der Waals surface area contributed by atoms with Gasteiger partial charge in [-0.25, -0.2) is 4.98 Å². The number of carbonyl (C=O) groups is 1. The topological polar surface area (TPSA) is 74.6 Å². The molecular formula is C15H17N3O2S. The molecule has 0 aliphatic carbocycles. The average Bonchev–Trinajstić information content (AvgIpc) is 2.95. The number of nitrogens with zero attached hydrogens (tertiary/aromatic N) is 2. The number of benzene rings is 1. The maximum atomic E-state index is 12.5. The molecule has 6 heteroatoms. The van der Waals surface area contributed by atoms with E-state index in [0.29, 0.717) is 16.5 Å². The van der Waals surface area contributed by atoms with Crippen molar-refractivity contribution < 1.29 is 10.0 Å². The van der Waals surface area contributed by atoms with Crippen LogP contribution in [0.15, 0.2) is 40.9 Å². The van der Waals surface area contributed by atoms with Gasteiger partial charge in [-0.15, -0.1) is 11.3 Å². The third-order valence-electron chi connectivity index (χ3n) is 3.31. The van der Waals surface area contributed by atoms with Crippen molar-refractivity contribution in [2.24, 2.45) is 5.16 Å². The monoisotopic (exact) mass is 303 g/mol. The second-order valence-corrected chi connectivity index (χ2v) is 6.03. The van der Waals surface area contributed by atoms with Crippen LogP contribution in [0.5, 0.6) is 0 Å². The Bertz CT molecular complexity index is 663. The molecule has 2 aromatic rings. The minimum Gasteiger partial charge on any atom is -0.411 e. The van der Waals surface area contributed by atoms with Crippen LogP contribution in [0.3, 0.4) is 0 Å². The SMILES string of the molecule is CC(=NO)c1csc(NC(=O)C(C)(C)c2ccccc2)n1. The minimum absolute atomic E-state index is 0.131. The molecule has 0 aliphatic heterocycles. The smallest absolute Gasteiger partial charge is 0.236 e. The van der Waals surface area contributed by atoms with E-state index in [4.69, 9.17) is 5.21 Å². The fourth-order valence-corrected chi connectivity index (χ4v) is 2.54. The summed E-state index contributed by atoms with van der Waals surface area (Å²) in [5.41, 5.74) is 1.24. The van der Waals surface area contributed by atoms with E-state index in [2.05, 4.69) is 15.5 Å².